The predicted molar refractivity (Wildman–Crippen MR) is 95.4 cm³/mol. The van der Waals surface area contributed by atoms with E-state index in [0.717, 1.165) is 5.56 Å². The Morgan fingerprint density at radius 1 is 1.00 bits per heavy atom. The van der Waals surface area contributed by atoms with Crippen LogP contribution in [0, 0.1) is 6.92 Å². The Labute approximate surface area is 143 Å². The van der Waals surface area contributed by atoms with Crippen LogP contribution in [0.5, 0.6) is 0 Å². The van der Waals surface area contributed by atoms with E-state index < -0.39 is 5.97 Å². The van der Waals surface area contributed by atoms with Crippen molar-refractivity contribution < 1.29 is 9.90 Å². The van der Waals surface area contributed by atoms with Gasteiger partial charge in [0.25, 0.3) is 0 Å². The normalized spacial score (nSPS) is 10.3. The molecule has 0 unspecified atom stereocenters. The summed E-state index contributed by atoms with van der Waals surface area (Å²) in [4.78, 5) is 23.4. The predicted octanol–water partition coefficient (Wildman–Crippen LogP) is 2.95. The monoisotopic (exact) mass is 336 g/mol. The van der Waals surface area contributed by atoms with Crippen LogP contribution in [0.4, 0.5) is 28.8 Å². The van der Waals surface area contributed by atoms with Crippen molar-refractivity contribution in [1.82, 2.24) is 15.0 Å². The van der Waals surface area contributed by atoms with Crippen LogP contribution < -0.4 is 16.4 Å². The molecule has 0 aliphatic carbocycles. The molecule has 0 radical (unpaired) electrons. The first kappa shape index (κ1) is 16.2. The minimum Gasteiger partial charge on any atom is -0.478 e. The molecule has 126 valence electrons. The maximum atomic E-state index is 10.9. The molecule has 0 saturated heterocycles. The van der Waals surface area contributed by atoms with E-state index in [1.807, 2.05) is 19.1 Å². The van der Waals surface area contributed by atoms with Gasteiger partial charge in [-0.05, 0) is 42.8 Å². The third-order valence-electron chi connectivity index (χ3n) is 3.52. The summed E-state index contributed by atoms with van der Waals surface area (Å²) >= 11 is 0. The number of aromatic carboxylic acids is 1. The summed E-state index contributed by atoms with van der Waals surface area (Å²) in [5, 5.41) is 15.1. The Kier molecular flexibility index (Phi) is 4.42. The van der Waals surface area contributed by atoms with Gasteiger partial charge < -0.3 is 21.5 Å². The molecule has 2 aromatic heterocycles. The summed E-state index contributed by atoms with van der Waals surface area (Å²) in [7, 11) is 0. The second kappa shape index (κ2) is 6.83. The molecule has 2 heterocycles. The SMILES string of the molecule is Cc1cccnc1Nc1ncnc(Nc2ccc(C(=O)O)cc2)c1N. The second-order valence-electron chi connectivity index (χ2n) is 5.29. The zero-order valence-corrected chi connectivity index (χ0v) is 13.4. The Bertz CT molecular complexity index is 911. The van der Waals surface area contributed by atoms with Gasteiger partial charge in [0.2, 0.25) is 0 Å². The second-order valence-corrected chi connectivity index (χ2v) is 5.29. The number of nitrogens with two attached hydrogens (primary N) is 1. The topological polar surface area (TPSA) is 126 Å². The van der Waals surface area contributed by atoms with Crippen LogP contribution in [0.2, 0.25) is 0 Å². The summed E-state index contributed by atoms with van der Waals surface area (Å²) in [6.07, 6.45) is 3.06. The smallest absolute Gasteiger partial charge is 0.335 e. The standard InChI is InChI=1S/C17H16N6O2/c1-10-3-2-8-19-14(10)23-16-13(18)15(20-9-21-16)22-12-6-4-11(5-7-12)17(24)25/h2-9H,18H2,1H3,(H,24,25)(H2,19,20,21,22,23). The molecule has 0 atom stereocenters. The Balaban J connectivity index is 1.83. The molecule has 0 aliphatic rings. The number of nitrogens with zero attached hydrogens (tertiary/aromatic N) is 3. The maximum absolute atomic E-state index is 10.9. The Morgan fingerprint density at radius 2 is 1.68 bits per heavy atom. The first-order chi connectivity index (χ1) is 12.0. The van der Waals surface area contributed by atoms with Crippen molar-refractivity contribution in [3.8, 4) is 0 Å². The Morgan fingerprint density at radius 3 is 2.32 bits per heavy atom. The van der Waals surface area contributed by atoms with E-state index in [0.29, 0.717) is 28.8 Å². The molecule has 3 rings (SSSR count). The minimum absolute atomic E-state index is 0.203. The molecule has 0 bridgehead atoms. The van der Waals surface area contributed by atoms with E-state index in [4.69, 9.17) is 10.8 Å². The molecule has 0 fully saturated rings. The van der Waals surface area contributed by atoms with Gasteiger partial charge in [0, 0.05) is 11.9 Å². The summed E-state index contributed by atoms with van der Waals surface area (Å²) in [5.41, 5.74) is 8.29. The van der Waals surface area contributed by atoms with Gasteiger partial charge in [-0.2, -0.15) is 0 Å². The van der Waals surface area contributed by atoms with Crippen LogP contribution in [0.1, 0.15) is 15.9 Å². The highest BCUT2D eigenvalue weighted by atomic mass is 16.4. The summed E-state index contributed by atoms with van der Waals surface area (Å²) in [6.45, 7) is 1.93. The number of hydrogen-bond acceptors (Lipinski definition) is 7. The highest BCUT2D eigenvalue weighted by Gasteiger charge is 2.10. The van der Waals surface area contributed by atoms with E-state index >= 15 is 0 Å². The molecule has 5 N–H and O–H groups in total. The number of nitrogens with one attached hydrogen (secondary N) is 2. The zero-order valence-electron chi connectivity index (χ0n) is 13.4. The van der Waals surface area contributed by atoms with Crippen molar-refractivity contribution in [1.29, 1.82) is 0 Å². The van der Waals surface area contributed by atoms with E-state index in [2.05, 4.69) is 25.6 Å². The number of aromatic nitrogens is 3. The molecule has 0 amide bonds. The largest absolute Gasteiger partial charge is 0.478 e. The van der Waals surface area contributed by atoms with Crippen LogP contribution in [-0.2, 0) is 0 Å². The van der Waals surface area contributed by atoms with Crippen LogP contribution in [-0.4, -0.2) is 26.0 Å². The van der Waals surface area contributed by atoms with Gasteiger partial charge in [-0.25, -0.2) is 19.7 Å². The van der Waals surface area contributed by atoms with E-state index in [-0.39, 0.29) is 5.56 Å². The number of aryl methyl sites for hydroxylation is 1. The lowest BCUT2D eigenvalue weighted by molar-refractivity contribution is 0.0697. The highest BCUT2D eigenvalue weighted by Crippen LogP contribution is 2.28. The number of carboxylic acid groups (broad SMARTS) is 1. The third-order valence-corrected chi connectivity index (χ3v) is 3.52. The highest BCUT2D eigenvalue weighted by molar-refractivity contribution is 5.88. The third kappa shape index (κ3) is 3.63. The molecule has 0 aliphatic heterocycles. The van der Waals surface area contributed by atoms with Gasteiger partial charge in [-0.15, -0.1) is 0 Å². The van der Waals surface area contributed by atoms with Gasteiger partial charge in [-0.3, -0.25) is 0 Å². The molecule has 0 spiro atoms. The number of benzene rings is 1. The average Bonchev–Trinajstić information content (AvgIpc) is 2.61. The number of carbonyl (C=O) groups is 1. The molecule has 3 aromatic rings. The van der Waals surface area contributed by atoms with Crippen LogP contribution in [0.25, 0.3) is 0 Å². The number of nitrogen functional groups attached to an aromatic ring is 1. The van der Waals surface area contributed by atoms with Crippen molar-refractivity contribution in [3.05, 3.63) is 60.0 Å². The molecule has 1 aromatic carbocycles. The quantitative estimate of drug-likeness (QED) is 0.560. The molecule has 8 nitrogen and oxygen atoms in total. The summed E-state index contributed by atoms with van der Waals surface area (Å²) < 4.78 is 0. The first-order valence-electron chi connectivity index (χ1n) is 7.44. The van der Waals surface area contributed by atoms with Crippen molar-refractivity contribution in [3.63, 3.8) is 0 Å². The lowest BCUT2D eigenvalue weighted by Crippen LogP contribution is -2.06. The van der Waals surface area contributed by atoms with Crippen LogP contribution in [0.15, 0.2) is 48.9 Å². The first-order valence-corrected chi connectivity index (χ1v) is 7.44. The van der Waals surface area contributed by atoms with E-state index in [1.54, 1.807) is 18.3 Å². The lowest BCUT2D eigenvalue weighted by Gasteiger charge is -2.13. The van der Waals surface area contributed by atoms with Crippen molar-refractivity contribution >= 4 is 34.8 Å². The van der Waals surface area contributed by atoms with Gasteiger partial charge >= 0.3 is 5.97 Å². The van der Waals surface area contributed by atoms with Gasteiger partial charge in [0.15, 0.2) is 11.6 Å². The van der Waals surface area contributed by atoms with Gasteiger partial charge in [0.05, 0.1) is 5.56 Å². The van der Waals surface area contributed by atoms with Crippen molar-refractivity contribution in [2.45, 2.75) is 6.92 Å². The summed E-state index contributed by atoms with van der Waals surface area (Å²) in [5.74, 6) is 0.519. The van der Waals surface area contributed by atoms with Crippen LogP contribution >= 0.6 is 0 Å². The minimum atomic E-state index is -0.981. The Hall–Kier alpha value is -3.68. The molecule has 0 saturated carbocycles. The molecular weight excluding hydrogens is 320 g/mol. The van der Waals surface area contributed by atoms with Gasteiger partial charge in [-0.1, -0.05) is 6.07 Å². The average molecular weight is 336 g/mol. The fourth-order valence-electron chi connectivity index (χ4n) is 2.16. The molecule has 8 heteroatoms. The fourth-order valence-corrected chi connectivity index (χ4v) is 2.16. The van der Waals surface area contributed by atoms with E-state index in [9.17, 15) is 4.79 Å². The molecular formula is C17H16N6O2. The number of rotatable bonds is 5. The van der Waals surface area contributed by atoms with E-state index in [1.165, 1.54) is 18.5 Å². The number of pyridine rings is 1. The maximum Gasteiger partial charge on any atom is 0.335 e. The summed E-state index contributed by atoms with van der Waals surface area (Å²) in [6, 6.07) is 10.0. The molecule has 25 heavy (non-hydrogen) atoms. The number of carboxylic acids is 1. The van der Waals surface area contributed by atoms with Gasteiger partial charge in [0.1, 0.15) is 17.8 Å². The number of hydrogen-bond donors (Lipinski definition) is 4. The fraction of sp³-hybridized carbons (Fsp3) is 0.0588. The van der Waals surface area contributed by atoms with Crippen molar-refractivity contribution in [2.75, 3.05) is 16.4 Å². The lowest BCUT2D eigenvalue weighted by atomic mass is 10.2. The number of anilines is 5. The zero-order chi connectivity index (χ0) is 17.8. The van der Waals surface area contributed by atoms with Crippen molar-refractivity contribution in [2.24, 2.45) is 0 Å². The van der Waals surface area contributed by atoms with Crippen LogP contribution in [0.3, 0.4) is 0 Å².